The molecule has 9 N–H and O–H groups in total. The largest absolute Gasteiger partial charge is 0.490 e. The first-order valence-corrected chi connectivity index (χ1v) is 20.7. The minimum absolute atomic E-state index is 0.0497. The molecule has 55 heavy (non-hydrogen) atoms. The van der Waals surface area contributed by atoms with Gasteiger partial charge in [-0.2, -0.15) is 13.6 Å². The maximum atomic E-state index is 12.9. The second-order valence-corrected chi connectivity index (χ2v) is 18.0. The number of unbranched alkanes of at least 4 members (excludes halogenated alkanes) is 1. The zero-order valence-electron chi connectivity index (χ0n) is 30.6. The number of amides is 2. The number of carbonyl (C=O) groups is 3. The van der Waals surface area contributed by atoms with Crippen molar-refractivity contribution in [2.45, 2.75) is 103 Å². The number of nitrogen functional groups attached to an aromatic ring is 1. The van der Waals surface area contributed by atoms with E-state index in [1.54, 1.807) is 41.5 Å². The molecule has 2 heterocycles. The van der Waals surface area contributed by atoms with Crippen molar-refractivity contribution < 1.29 is 84.9 Å². The minimum Gasteiger partial charge on any atom is -0.451 e. The van der Waals surface area contributed by atoms with E-state index in [9.17, 15) is 47.8 Å². The van der Waals surface area contributed by atoms with Crippen molar-refractivity contribution in [1.82, 2.24) is 20.2 Å². The molecule has 1 aliphatic heterocycles. The third-order valence-electron chi connectivity index (χ3n) is 6.39. The van der Waals surface area contributed by atoms with Crippen molar-refractivity contribution in [3.63, 3.8) is 0 Å². The fourth-order valence-electron chi connectivity index (χ4n) is 4.31. The van der Waals surface area contributed by atoms with E-state index in [0.29, 0.717) is 12.8 Å². The summed E-state index contributed by atoms with van der Waals surface area (Å²) in [6, 6.07) is -1.15. The summed E-state index contributed by atoms with van der Waals surface area (Å²) in [5.74, 6) is 3.93. The number of alkyl carbamates (subject to hydrolysis) is 2. The molecule has 6 atom stereocenters. The van der Waals surface area contributed by atoms with E-state index in [1.165, 1.54) is 0 Å². The monoisotopic (exact) mass is 849 g/mol. The van der Waals surface area contributed by atoms with Gasteiger partial charge < -0.3 is 60.0 Å². The quantitative estimate of drug-likeness (QED) is 0.0382. The molecule has 24 nitrogen and oxygen atoms in total. The lowest BCUT2D eigenvalue weighted by Gasteiger charge is -2.23. The molecule has 4 unspecified atom stereocenters. The van der Waals surface area contributed by atoms with Gasteiger partial charge in [-0.1, -0.05) is 11.8 Å². The lowest BCUT2D eigenvalue weighted by atomic mass is 10.1. The Morgan fingerprint density at radius 1 is 1.02 bits per heavy atom. The molecule has 2 rings (SSSR count). The van der Waals surface area contributed by atoms with E-state index in [0.717, 1.165) is 10.8 Å². The van der Waals surface area contributed by atoms with Crippen molar-refractivity contribution in [1.29, 1.82) is 0 Å². The molecule has 0 bridgehead atoms. The highest BCUT2D eigenvalue weighted by Gasteiger charge is 2.43. The Balaban J connectivity index is 2.05. The molecule has 0 spiro atoms. The first-order chi connectivity index (χ1) is 25.0. The summed E-state index contributed by atoms with van der Waals surface area (Å²) in [7, 11) is -16.9. The molecule has 0 aliphatic carbocycles. The number of phosphoric ester groups is 1. The van der Waals surface area contributed by atoms with E-state index in [-0.39, 0.29) is 30.8 Å². The normalized spacial score (nSPS) is 20.2. The summed E-state index contributed by atoms with van der Waals surface area (Å²) >= 11 is 0. The third kappa shape index (κ3) is 18.8. The number of nitrogens with one attached hydrogen (secondary N) is 2. The smallest absolute Gasteiger partial charge is 0.451 e. The van der Waals surface area contributed by atoms with Crippen LogP contribution >= 0.6 is 23.5 Å². The number of phosphoric acid groups is 3. The van der Waals surface area contributed by atoms with Gasteiger partial charge in [0.25, 0.3) is 0 Å². The Kier molecular flexibility index (Phi) is 17.0. The Morgan fingerprint density at radius 2 is 1.64 bits per heavy atom. The van der Waals surface area contributed by atoms with Gasteiger partial charge in [0.1, 0.15) is 35.4 Å². The molecular formula is C28H46N5O19P3. The van der Waals surface area contributed by atoms with Crippen molar-refractivity contribution in [2.75, 3.05) is 25.5 Å². The standard InChI is InChI=1S/C28H46N5O19P3/c1-27(2,3)49-25(37)30-12-8-7-11-18(31-26(38)50-28(4,5)6)23(35)46-13-9-10-17-15-33(24(36)32-22(17)29)21-14-19(34)20(48-21)16-47-54(42,43)52-55(44,45)51-53(39,40)41/h15,18-21,34H,7-8,11-14,16H2,1-6H3,(H,30,37)(H,31,38)(H,42,43)(H,44,45)(H2,29,32,36)(H2,39,40,41)/t18?,19?,20-,21-/m1/s1. The zero-order chi connectivity index (χ0) is 42.0. The summed E-state index contributed by atoms with van der Waals surface area (Å²) in [6.07, 6.45) is -3.95. The summed E-state index contributed by atoms with van der Waals surface area (Å²) in [5, 5.41) is 15.4. The number of nitrogens with two attached hydrogens (primary N) is 1. The van der Waals surface area contributed by atoms with E-state index in [1.807, 2.05) is 0 Å². The molecule has 1 aromatic heterocycles. The third-order valence-corrected chi connectivity index (χ3v) is 10.2. The molecule has 1 aromatic rings. The van der Waals surface area contributed by atoms with Gasteiger partial charge in [-0.15, -0.1) is 0 Å². The number of rotatable bonds is 16. The highest BCUT2D eigenvalue weighted by atomic mass is 31.3. The molecule has 1 aliphatic rings. The lowest BCUT2D eigenvalue weighted by Crippen LogP contribution is -2.44. The first kappa shape index (κ1) is 47.7. The number of esters is 1. The van der Waals surface area contributed by atoms with Crippen LogP contribution in [0.2, 0.25) is 0 Å². The van der Waals surface area contributed by atoms with Crippen molar-refractivity contribution in [2.24, 2.45) is 0 Å². The average molecular weight is 850 g/mol. The number of nitrogens with zero attached hydrogens (tertiary/aromatic N) is 2. The second kappa shape index (κ2) is 19.6. The van der Waals surface area contributed by atoms with Gasteiger partial charge in [-0.25, -0.2) is 32.9 Å². The van der Waals surface area contributed by atoms with Gasteiger partial charge in [0, 0.05) is 19.2 Å². The van der Waals surface area contributed by atoms with Crippen LogP contribution in [0.5, 0.6) is 0 Å². The topological polar surface area (TPSA) is 353 Å². The predicted octanol–water partition coefficient (Wildman–Crippen LogP) is 1.30. The van der Waals surface area contributed by atoms with Crippen molar-refractivity contribution >= 4 is 47.4 Å². The van der Waals surface area contributed by atoms with E-state index in [2.05, 4.69) is 40.6 Å². The Morgan fingerprint density at radius 3 is 2.24 bits per heavy atom. The summed E-state index contributed by atoms with van der Waals surface area (Å²) in [5.41, 5.74) is 3.29. The number of hydrogen-bond donors (Lipinski definition) is 8. The maximum absolute atomic E-state index is 12.9. The van der Waals surface area contributed by atoms with Crippen LogP contribution in [0.3, 0.4) is 0 Å². The first-order valence-electron chi connectivity index (χ1n) is 16.2. The van der Waals surface area contributed by atoms with Gasteiger partial charge in [0.2, 0.25) is 0 Å². The SMILES string of the molecule is CC(C)(C)OC(=O)NCCCCC(NC(=O)OC(C)(C)C)C(=O)OCC#Cc1cn([C@H]2CC(O)[C@@H](COP(=O)(O)OP(=O)(O)OP(=O)(O)O)O2)c(=O)nc1N. The van der Waals surface area contributed by atoms with Crippen LogP contribution in [0.15, 0.2) is 11.0 Å². The molecule has 312 valence electrons. The van der Waals surface area contributed by atoms with Gasteiger partial charge >= 0.3 is 47.3 Å². The van der Waals surface area contributed by atoms with Gasteiger partial charge in [-0.3, -0.25) is 9.09 Å². The van der Waals surface area contributed by atoms with Crippen LogP contribution in [-0.4, -0.2) is 102 Å². The molecule has 2 amide bonds. The second-order valence-electron chi connectivity index (χ2n) is 13.6. The van der Waals surface area contributed by atoms with Crippen LogP contribution in [0, 0.1) is 11.8 Å². The van der Waals surface area contributed by atoms with Gasteiger partial charge in [0.05, 0.1) is 18.3 Å². The van der Waals surface area contributed by atoms with Crippen molar-refractivity contribution in [3.05, 3.63) is 22.2 Å². The molecule has 1 fully saturated rings. The summed E-state index contributed by atoms with van der Waals surface area (Å²) < 4.78 is 68.1. The number of hydrogen-bond acceptors (Lipinski definition) is 17. The Hall–Kier alpha value is -3.42. The Bertz CT molecular complexity index is 1790. The van der Waals surface area contributed by atoms with E-state index < -0.39 is 96.2 Å². The fraction of sp³-hybridized carbons (Fsp3) is 0.679. The number of ether oxygens (including phenoxy) is 4. The molecular weight excluding hydrogens is 803 g/mol. The van der Waals surface area contributed by atoms with Crippen LogP contribution < -0.4 is 22.1 Å². The minimum atomic E-state index is -5.79. The highest BCUT2D eigenvalue weighted by Crippen LogP contribution is 2.66. The number of aliphatic hydroxyl groups excluding tert-OH is 1. The lowest BCUT2D eigenvalue weighted by molar-refractivity contribution is -0.144. The predicted molar refractivity (Wildman–Crippen MR) is 186 cm³/mol. The van der Waals surface area contributed by atoms with E-state index in [4.69, 9.17) is 34.5 Å². The molecule has 0 radical (unpaired) electrons. The van der Waals surface area contributed by atoms with Gasteiger partial charge in [-0.05, 0) is 60.8 Å². The van der Waals surface area contributed by atoms with Crippen LogP contribution in [0.1, 0.15) is 79.0 Å². The van der Waals surface area contributed by atoms with Gasteiger partial charge in [0.15, 0.2) is 6.61 Å². The molecule has 1 saturated heterocycles. The van der Waals surface area contributed by atoms with Crippen molar-refractivity contribution in [3.8, 4) is 11.8 Å². The summed E-state index contributed by atoms with van der Waals surface area (Å²) in [6.45, 7) is 8.81. The number of anilines is 1. The van der Waals surface area contributed by atoms with Crippen LogP contribution in [-0.2, 0) is 50.6 Å². The van der Waals surface area contributed by atoms with Crippen LogP contribution in [0.4, 0.5) is 15.4 Å². The number of aromatic nitrogens is 2. The number of aliphatic hydroxyl groups is 1. The Labute approximate surface area is 314 Å². The average Bonchev–Trinajstić information content (AvgIpc) is 3.34. The highest BCUT2D eigenvalue weighted by molar-refractivity contribution is 7.66. The molecule has 0 saturated carbocycles. The zero-order valence-corrected chi connectivity index (χ0v) is 33.3. The van der Waals surface area contributed by atoms with Crippen LogP contribution in [0.25, 0.3) is 0 Å². The van der Waals surface area contributed by atoms with E-state index >= 15 is 0 Å². The summed E-state index contributed by atoms with van der Waals surface area (Å²) in [4.78, 5) is 89.7. The molecule has 27 heteroatoms. The molecule has 0 aromatic carbocycles. The number of carbonyl (C=O) groups excluding carboxylic acids is 3. The fourth-order valence-corrected chi connectivity index (χ4v) is 7.34. The maximum Gasteiger partial charge on any atom is 0.490 e.